The third-order valence-corrected chi connectivity index (χ3v) is 3.02. The van der Waals surface area contributed by atoms with E-state index in [1.165, 1.54) is 12.1 Å². The van der Waals surface area contributed by atoms with E-state index in [0.717, 1.165) is 18.7 Å². The van der Waals surface area contributed by atoms with Gasteiger partial charge in [0, 0.05) is 30.6 Å². The number of hydrogen-bond acceptors (Lipinski definition) is 2. The summed E-state index contributed by atoms with van der Waals surface area (Å²) in [5.41, 5.74) is 0.809. The number of benzene rings is 1. The second kappa shape index (κ2) is 6.34. The fraction of sp³-hybridized carbons (Fsp3) is 0.538. The fourth-order valence-electron chi connectivity index (χ4n) is 1.71. The van der Waals surface area contributed by atoms with E-state index in [1.807, 2.05) is 0 Å². The first-order valence-corrected chi connectivity index (χ1v) is 6.00. The fourth-order valence-corrected chi connectivity index (χ4v) is 2.13. The minimum atomic E-state index is -0.304. The van der Waals surface area contributed by atoms with Crippen LogP contribution in [0.2, 0.25) is 5.02 Å². The van der Waals surface area contributed by atoms with Crippen LogP contribution in [0.4, 0.5) is 4.39 Å². The van der Waals surface area contributed by atoms with Crippen molar-refractivity contribution in [3.8, 4) is 0 Å². The van der Waals surface area contributed by atoms with Crippen LogP contribution in [-0.4, -0.2) is 26.8 Å². The first kappa shape index (κ1) is 14.4. The third kappa shape index (κ3) is 4.26. The van der Waals surface area contributed by atoms with Crippen LogP contribution in [-0.2, 0) is 10.2 Å². The Morgan fingerprint density at radius 2 is 2.12 bits per heavy atom. The third-order valence-electron chi connectivity index (χ3n) is 2.71. The summed E-state index contributed by atoms with van der Waals surface area (Å²) in [5.74, 6) is -0.304. The highest BCUT2D eigenvalue weighted by molar-refractivity contribution is 6.31. The van der Waals surface area contributed by atoms with Crippen molar-refractivity contribution in [3.05, 3.63) is 34.6 Å². The summed E-state index contributed by atoms with van der Waals surface area (Å²) in [5, 5.41) is 3.77. The summed E-state index contributed by atoms with van der Waals surface area (Å²) in [4.78, 5) is 0. The molecular weight excluding hydrogens is 241 g/mol. The molecule has 0 unspecified atom stereocenters. The zero-order valence-electron chi connectivity index (χ0n) is 10.5. The van der Waals surface area contributed by atoms with Crippen molar-refractivity contribution in [1.29, 1.82) is 0 Å². The quantitative estimate of drug-likeness (QED) is 0.793. The van der Waals surface area contributed by atoms with Crippen LogP contribution in [0.3, 0.4) is 0 Å². The molecule has 0 bridgehead atoms. The van der Waals surface area contributed by atoms with Gasteiger partial charge in [0.2, 0.25) is 0 Å². The Balaban J connectivity index is 2.68. The molecule has 1 N–H and O–H groups in total. The predicted molar refractivity (Wildman–Crippen MR) is 69.2 cm³/mol. The van der Waals surface area contributed by atoms with Crippen LogP contribution in [0.5, 0.6) is 0 Å². The van der Waals surface area contributed by atoms with Gasteiger partial charge >= 0.3 is 0 Å². The summed E-state index contributed by atoms with van der Waals surface area (Å²) >= 11 is 6.06. The number of halogens is 2. The van der Waals surface area contributed by atoms with Crippen LogP contribution in [0, 0.1) is 5.82 Å². The van der Waals surface area contributed by atoms with Gasteiger partial charge in [-0.05, 0) is 17.7 Å². The Bertz CT molecular complexity index is 368. The van der Waals surface area contributed by atoms with E-state index in [-0.39, 0.29) is 11.2 Å². The monoisotopic (exact) mass is 259 g/mol. The molecule has 0 amide bonds. The van der Waals surface area contributed by atoms with E-state index in [4.69, 9.17) is 16.3 Å². The zero-order chi connectivity index (χ0) is 12.9. The average Bonchev–Trinajstić information content (AvgIpc) is 2.24. The normalized spacial score (nSPS) is 11.8. The minimum absolute atomic E-state index is 0.140. The summed E-state index contributed by atoms with van der Waals surface area (Å²) in [6.07, 6.45) is 0. The summed E-state index contributed by atoms with van der Waals surface area (Å²) in [7, 11) is 1.67. The smallest absolute Gasteiger partial charge is 0.124 e. The molecule has 0 fully saturated rings. The van der Waals surface area contributed by atoms with E-state index in [9.17, 15) is 4.39 Å². The first-order chi connectivity index (χ1) is 7.97. The number of ether oxygens (including phenoxy) is 1. The molecule has 1 aromatic rings. The van der Waals surface area contributed by atoms with Crippen molar-refractivity contribution in [2.24, 2.45) is 0 Å². The number of hydrogen-bond donors (Lipinski definition) is 1. The van der Waals surface area contributed by atoms with Gasteiger partial charge in [-0.3, -0.25) is 0 Å². The largest absolute Gasteiger partial charge is 0.383 e. The second-order valence-corrected chi connectivity index (χ2v) is 5.08. The molecule has 0 aliphatic carbocycles. The summed E-state index contributed by atoms with van der Waals surface area (Å²) < 4.78 is 17.9. The average molecular weight is 260 g/mol. The number of rotatable bonds is 6. The Morgan fingerprint density at radius 1 is 1.41 bits per heavy atom. The van der Waals surface area contributed by atoms with Gasteiger partial charge in [-0.2, -0.15) is 0 Å². The predicted octanol–water partition coefficient (Wildman–Crippen LogP) is 2.99. The van der Waals surface area contributed by atoms with Crippen LogP contribution in [0.25, 0.3) is 0 Å². The van der Waals surface area contributed by atoms with Crippen LogP contribution < -0.4 is 5.32 Å². The van der Waals surface area contributed by atoms with Gasteiger partial charge in [-0.25, -0.2) is 4.39 Å². The highest BCUT2D eigenvalue weighted by Crippen LogP contribution is 2.29. The topological polar surface area (TPSA) is 21.3 Å². The molecule has 0 saturated heterocycles. The lowest BCUT2D eigenvalue weighted by atomic mass is 9.84. The lowest BCUT2D eigenvalue weighted by Crippen LogP contribution is -2.34. The standard InChI is InChI=1S/C13H19ClFNO/c1-13(2,9-16-6-7-17-3)11-5-4-10(15)8-12(11)14/h4-5,8,16H,6-7,9H2,1-3H3. The van der Waals surface area contributed by atoms with E-state index in [0.29, 0.717) is 11.6 Å². The molecule has 1 rings (SSSR count). The Hall–Kier alpha value is -0.640. The van der Waals surface area contributed by atoms with Crippen LogP contribution >= 0.6 is 11.6 Å². The van der Waals surface area contributed by atoms with Gasteiger partial charge in [0.25, 0.3) is 0 Å². The minimum Gasteiger partial charge on any atom is -0.383 e. The molecule has 0 atom stereocenters. The second-order valence-electron chi connectivity index (χ2n) is 4.68. The summed E-state index contributed by atoms with van der Waals surface area (Å²) in [6.45, 7) is 6.38. The van der Waals surface area contributed by atoms with Crippen LogP contribution in [0.1, 0.15) is 19.4 Å². The maximum absolute atomic E-state index is 13.0. The summed E-state index contributed by atoms with van der Waals surface area (Å²) in [6, 6.07) is 4.54. The maximum Gasteiger partial charge on any atom is 0.124 e. The van der Waals surface area contributed by atoms with E-state index in [2.05, 4.69) is 19.2 Å². The number of nitrogens with one attached hydrogen (secondary N) is 1. The van der Waals surface area contributed by atoms with Crippen molar-refractivity contribution >= 4 is 11.6 Å². The molecular formula is C13H19ClFNO. The molecule has 96 valence electrons. The van der Waals surface area contributed by atoms with Gasteiger partial charge in [-0.15, -0.1) is 0 Å². The Kier molecular flexibility index (Phi) is 5.37. The molecule has 4 heteroatoms. The van der Waals surface area contributed by atoms with Crippen molar-refractivity contribution in [1.82, 2.24) is 5.32 Å². The molecule has 2 nitrogen and oxygen atoms in total. The van der Waals surface area contributed by atoms with Gasteiger partial charge in [0.1, 0.15) is 5.82 Å². The van der Waals surface area contributed by atoms with Crippen molar-refractivity contribution in [2.75, 3.05) is 26.8 Å². The lowest BCUT2D eigenvalue weighted by molar-refractivity contribution is 0.197. The maximum atomic E-state index is 13.0. The van der Waals surface area contributed by atoms with Crippen molar-refractivity contribution in [3.63, 3.8) is 0 Å². The van der Waals surface area contributed by atoms with Crippen LogP contribution in [0.15, 0.2) is 18.2 Å². The van der Waals surface area contributed by atoms with Crippen molar-refractivity contribution in [2.45, 2.75) is 19.3 Å². The SMILES string of the molecule is COCCNCC(C)(C)c1ccc(F)cc1Cl. The Labute approximate surface area is 107 Å². The highest BCUT2D eigenvalue weighted by atomic mass is 35.5. The molecule has 0 aliphatic rings. The van der Waals surface area contributed by atoms with Gasteiger partial charge in [-0.1, -0.05) is 31.5 Å². The molecule has 1 aromatic carbocycles. The molecule has 17 heavy (non-hydrogen) atoms. The molecule has 0 heterocycles. The zero-order valence-corrected chi connectivity index (χ0v) is 11.3. The number of methoxy groups -OCH3 is 1. The Morgan fingerprint density at radius 3 is 2.71 bits per heavy atom. The molecule has 0 saturated carbocycles. The molecule has 0 radical (unpaired) electrons. The molecule has 0 spiro atoms. The lowest BCUT2D eigenvalue weighted by Gasteiger charge is -2.26. The first-order valence-electron chi connectivity index (χ1n) is 5.62. The molecule has 0 aromatic heterocycles. The van der Waals surface area contributed by atoms with Gasteiger partial charge in [0.05, 0.1) is 6.61 Å². The van der Waals surface area contributed by atoms with E-state index < -0.39 is 0 Å². The van der Waals surface area contributed by atoms with Gasteiger partial charge < -0.3 is 10.1 Å². The highest BCUT2D eigenvalue weighted by Gasteiger charge is 2.22. The molecule has 0 aliphatic heterocycles. The van der Waals surface area contributed by atoms with E-state index >= 15 is 0 Å². The van der Waals surface area contributed by atoms with E-state index in [1.54, 1.807) is 13.2 Å². The van der Waals surface area contributed by atoms with Crippen molar-refractivity contribution < 1.29 is 9.13 Å². The van der Waals surface area contributed by atoms with Gasteiger partial charge in [0.15, 0.2) is 0 Å².